The third kappa shape index (κ3) is 4.35. The molecule has 3 heteroatoms. The first-order chi connectivity index (χ1) is 9.78. The van der Waals surface area contributed by atoms with Crippen molar-refractivity contribution in [3.8, 4) is 0 Å². The van der Waals surface area contributed by atoms with E-state index in [1.807, 2.05) is 18.2 Å². The monoisotopic (exact) mass is 267 g/mol. The summed E-state index contributed by atoms with van der Waals surface area (Å²) in [6.45, 7) is 0. The zero-order valence-corrected chi connectivity index (χ0v) is 11.2. The largest absolute Gasteiger partial charge is 0.326 e. The first kappa shape index (κ1) is 14.0. The highest BCUT2D eigenvalue weighted by Gasteiger charge is 2.02. The fourth-order valence-corrected chi connectivity index (χ4v) is 1.97. The second-order valence-electron chi connectivity index (χ2n) is 4.63. The Bertz CT molecular complexity index is 561. The maximum absolute atomic E-state index is 11.8. The summed E-state index contributed by atoms with van der Waals surface area (Å²) in [7, 11) is 0. The summed E-state index contributed by atoms with van der Waals surface area (Å²) < 4.78 is 0. The fraction of sp³-hybridized carbons (Fsp3) is 0.176. The molecule has 2 aromatic rings. The van der Waals surface area contributed by atoms with E-state index >= 15 is 0 Å². The van der Waals surface area contributed by atoms with Gasteiger partial charge in [-0.15, -0.1) is 0 Å². The number of carbonyl (C=O) groups is 2. The molecule has 0 bridgehead atoms. The predicted octanol–water partition coefficient (Wildman–Crippen LogP) is 3.46. The van der Waals surface area contributed by atoms with E-state index in [-0.39, 0.29) is 5.91 Å². The maximum Gasteiger partial charge on any atom is 0.224 e. The van der Waals surface area contributed by atoms with Gasteiger partial charge in [-0.05, 0) is 42.7 Å². The molecule has 3 nitrogen and oxygen atoms in total. The van der Waals surface area contributed by atoms with Gasteiger partial charge in [0.25, 0.3) is 0 Å². The van der Waals surface area contributed by atoms with Crippen LogP contribution in [0.1, 0.15) is 28.8 Å². The van der Waals surface area contributed by atoms with Gasteiger partial charge in [0.15, 0.2) is 0 Å². The van der Waals surface area contributed by atoms with Gasteiger partial charge in [0.1, 0.15) is 6.29 Å². The summed E-state index contributed by atoms with van der Waals surface area (Å²) in [5.41, 5.74) is 2.57. The topological polar surface area (TPSA) is 46.2 Å². The third-order valence-electron chi connectivity index (χ3n) is 3.04. The van der Waals surface area contributed by atoms with Crippen LogP contribution in [0.25, 0.3) is 0 Å². The lowest BCUT2D eigenvalue weighted by Crippen LogP contribution is -2.11. The van der Waals surface area contributed by atoms with Crippen LogP contribution in [-0.2, 0) is 11.2 Å². The lowest BCUT2D eigenvalue weighted by atomic mass is 10.1. The number of anilines is 1. The van der Waals surface area contributed by atoms with E-state index in [1.165, 1.54) is 5.56 Å². The average molecular weight is 267 g/mol. The summed E-state index contributed by atoms with van der Waals surface area (Å²) in [6.07, 6.45) is 3.00. The fourth-order valence-electron chi connectivity index (χ4n) is 1.97. The maximum atomic E-state index is 11.8. The number of hydrogen-bond acceptors (Lipinski definition) is 2. The molecular weight excluding hydrogens is 250 g/mol. The van der Waals surface area contributed by atoms with Crippen LogP contribution < -0.4 is 5.32 Å². The molecule has 0 fully saturated rings. The van der Waals surface area contributed by atoms with Crippen molar-refractivity contribution in [2.45, 2.75) is 19.3 Å². The first-order valence-corrected chi connectivity index (χ1v) is 6.67. The van der Waals surface area contributed by atoms with Gasteiger partial charge in [0.2, 0.25) is 5.91 Å². The third-order valence-corrected chi connectivity index (χ3v) is 3.04. The minimum Gasteiger partial charge on any atom is -0.326 e. The van der Waals surface area contributed by atoms with E-state index in [0.29, 0.717) is 12.0 Å². The Morgan fingerprint density at radius 2 is 1.70 bits per heavy atom. The number of hydrogen-bond donors (Lipinski definition) is 1. The summed E-state index contributed by atoms with van der Waals surface area (Å²) >= 11 is 0. The van der Waals surface area contributed by atoms with Crippen molar-refractivity contribution in [2.75, 3.05) is 5.32 Å². The van der Waals surface area contributed by atoms with Gasteiger partial charge in [-0.2, -0.15) is 0 Å². The second-order valence-corrected chi connectivity index (χ2v) is 4.63. The molecule has 0 unspecified atom stereocenters. The van der Waals surface area contributed by atoms with Crippen LogP contribution in [0.5, 0.6) is 0 Å². The molecule has 0 heterocycles. The number of nitrogens with one attached hydrogen (secondary N) is 1. The van der Waals surface area contributed by atoms with Crippen LogP contribution in [0.2, 0.25) is 0 Å². The number of amides is 1. The zero-order chi connectivity index (χ0) is 14.2. The van der Waals surface area contributed by atoms with Crippen LogP contribution in [0, 0.1) is 0 Å². The molecule has 102 valence electrons. The van der Waals surface area contributed by atoms with Gasteiger partial charge in [-0.1, -0.05) is 30.3 Å². The first-order valence-electron chi connectivity index (χ1n) is 6.67. The second kappa shape index (κ2) is 7.24. The SMILES string of the molecule is O=Cc1ccc(NC(=O)CCCc2ccccc2)cc1. The van der Waals surface area contributed by atoms with E-state index < -0.39 is 0 Å². The standard InChI is InChI=1S/C17H17NO2/c19-13-15-9-11-16(12-10-15)18-17(20)8-4-7-14-5-2-1-3-6-14/h1-3,5-6,9-13H,4,7-8H2,(H,18,20). The molecule has 0 aliphatic heterocycles. The van der Waals surface area contributed by atoms with Gasteiger partial charge >= 0.3 is 0 Å². The molecular formula is C17H17NO2. The van der Waals surface area contributed by atoms with Gasteiger partial charge in [0.05, 0.1) is 0 Å². The molecule has 0 radical (unpaired) electrons. The van der Waals surface area contributed by atoms with Gasteiger partial charge in [0, 0.05) is 17.7 Å². The molecule has 0 atom stereocenters. The lowest BCUT2D eigenvalue weighted by Gasteiger charge is -2.05. The summed E-state index contributed by atoms with van der Waals surface area (Å²) in [6, 6.07) is 17.0. The van der Waals surface area contributed by atoms with Crippen LogP contribution in [0.3, 0.4) is 0 Å². The molecule has 20 heavy (non-hydrogen) atoms. The van der Waals surface area contributed by atoms with Crippen LogP contribution in [0.15, 0.2) is 54.6 Å². The Balaban J connectivity index is 1.76. The molecule has 0 aliphatic rings. The van der Waals surface area contributed by atoms with Crippen molar-refractivity contribution in [1.29, 1.82) is 0 Å². The van der Waals surface area contributed by atoms with Crippen molar-refractivity contribution in [3.05, 3.63) is 65.7 Å². The zero-order valence-electron chi connectivity index (χ0n) is 11.2. The Kier molecular flexibility index (Phi) is 5.07. The summed E-state index contributed by atoms with van der Waals surface area (Å²) in [4.78, 5) is 22.3. The summed E-state index contributed by atoms with van der Waals surface area (Å²) in [5, 5.41) is 2.82. The highest BCUT2D eigenvalue weighted by Crippen LogP contribution is 2.10. The van der Waals surface area contributed by atoms with E-state index in [0.717, 1.165) is 24.8 Å². The molecule has 0 aromatic heterocycles. The highest BCUT2D eigenvalue weighted by molar-refractivity contribution is 5.91. The Morgan fingerprint density at radius 3 is 2.35 bits per heavy atom. The van der Waals surface area contributed by atoms with Crippen molar-refractivity contribution in [3.63, 3.8) is 0 Å². The molecule has 1 amide bonds. The van der Waals surface area contributed by atoms with Gasteiger partial charge in [-0.3, -0.25) is 9.59 Å². The van der Waals surface area contributed by atoms with Crippen molar-refractivity contribution < 1.29 is 9.59 Å². The Labute approximate surface area is 118 Å². The normalized spacial score (nSPS) is 10.0. The quantitative estimate of drug-likeness (QED) is 0.815. The van der Waals surface area contributed by atoms with Crippen LogP contribution >= 0.6 is 0 Å². The molecule has 2 aromatic carbocycles. The molecule has 0 spiro atoms. The Hall–Kier alpha value is -2.42. The lowest BCUT2D eigenvalue weighted by molar-refractivity contribution is -0.116. The average Bonchev–Trinajstić information content (AvgIpc) is 2.49. The smallest absolute Gasteiger partial charge is 0.224 e. The molecule has 0 aliphatic carbocycles. The minimum absolute atomic E-state index is 0.000200. The van der Waals surface area contributed by atoms with Crippen molar-refractivity contribution in [1.82, 2.24) is 0 Å². The number of aryl methyl sites for hydroxylation is 1. The highest BCUT2D eigenvalue weighted by atomic mass is 16.1. The van der Waals surface area contributed by atoms with E-state index in [1.54, 1.807) is 24.3 Å². The van der Waals surface area contributed by atoms with E-state index in [9.17, 15) is 9.59 Å². The van der Waals surface area contributed by atoms with Gasteiger partial charge < -0.3 is 5.32 Å². The molecule has 1 N–H and O–H groups in total. The van der Waals surface area contributed by atoms with Crippen LogP contribution in [-0.4, -0.2) is 12.2 Å². The number of carbonyl (C=O) groups excluding carboxylic acids is 2. The molecule has 0 saturated carbocycles. The Morgan fingerprint density at radius 1 is 1.00 bits per heavy atom. The van der Waals surface area contributed by atoms with Crippen LogP contribution in [0.4, 0.5) is 5.69 Å². The van der Waals surface area contributed by atoms with E-state index in [4.69, 9.17) is 0 Å². The van der Waals surface area contributed by atoms with Crippen molar-refractivity contribution in [2.24, 2.45) is 0 Å². The molecule has 0 saturated heterocycles. The van der Waals surface area contributed by atoms with E-state index in [2.05, 4.69) is 17.4 Å². The predicted molar refractivity (Wildman–Crippen MR) is 79.8 cm³/mol. The molecule has 2 rings (SSSR count). The summed E-state index contributed by atoms with van der Waals surface area (Å²) in [5.74, 6) is -0.000200. The minimum atomic E-state index is -0.000200. The number of rotatable bonds is 6. The van der Waals surface area contributed by atoms with Crippen molar-refractivity contribution >= 4 is 17.9 Å². The number of benzene rings is 2. The van der Waals surface area contributed by atoms with Gasteiger partial charge in [-0.25, -0.2) is 0 Å². The number of aldehydes is 1.